The van der Waals surface area contributed by atoms with E-state index in [0.29, 0.717) is 11.1 Å². The van der Waals surface area contributed by atoms with Gasteiger partial charge >= 0.3 is 18.3 Å². The highest BCUT2D eigenvalue weighted by atomic mass is 32.3. The van der Waals surface area contributed by atoms with E-state index in [0.717, 1.165) is 7.11 Å². The quantitative estimate of drug-likeness (QED) is 0.112. The van der Waals surface area contributed by atoms with Crippen molar-refractivity contribution in [2.45, 2.75) is 41.4 Å². The summed E-state index contributed by atoms with van der Waals surface area (Å²) in [5, 5.41) is -0.957. The number of esters is 1. The summed E-state index contributed by atoms with van der Waals surface area (Å²) < 4.78 is 137. The topological polar surface area (TPSA) is 171 Å². The highest BCUT2D eigenvalue weighted by Gasteiger charge is 2.40. The van der Waals surface area contributed by atoms with Crippen molar-refractivity contribution in [1.29, 1.82) is 0 Å². The molecule has 0 aliphatic carbocycles. The van der Waals surface area contributed by atoms with Gasteiger partial charge in [0.1, 0.15) is 11.1 Å². The number of alkyl halides is 6. The maximum atomic E-state index is 13.5. The number of halogens is 6. The molecule has 0 spiro atoms. The maximum absolute atomic E-state index is 13.5. The van der Waals surface area contributed by atoms with E-state index < -0.39 is 72.3 Å². The van der Waals surface area contributed by atoms with E-state index >= 15 is 0 Å². The zero-order valence-corrected chi connectivity index (χ0v) is 25.4. The van der Waals surface area contributed by atoms with E-state index in [9.17, 15) is 53.5 Å². The molecule has 1 aliphatic rings. The lowest BCUT2D eigenvalue weighted by molar-refractivity contribution is -0.143. The lowest BCUT2D eigenvalue weighted by atomic mass is 10.0. The Labute approximate surface area is 263 Å². The van der Waals surface area contributed by atoms with Gasteiger partial charge in [0.15, 0.2) is 0 Å². The van der Waals surface area contributed by atoms with E-state index in [2.05, 4.69) is 24.1 Å². The Morgan fingerprint density at radius 1 is 1.02 bits per heavy atom. The van der Waals surface area contributed by atoms with Crippen molar-refractivity contribution in [2.75, 3.05) is 7.11 Å². The minimum atomic E-state index is -5.30. The fourth-order valence-electron chi connectivity index (χ4n) is 4.95. The summed E-state index contributed by atoms with van der Waals surface area (Å²) >= 11 is 0. The predicted molar refractivity (Wildman–Crippen MR) is 155 cm³/mol. The van der Waals surface area contributed by atoms with Gasteiger partial charge in [-0.2, -0.15) is 26.3 Å². The molecule has 1 amide bonds. The number of hydrogen-bond donors (Lipinski definition) is 5. The zero-order valence-electron chi connectivity index (χ0n) is 23.8. The van der Waals surface area contributed by atoms with Crippen molar-refractivity contribution in [2.24, 2.45) is 0 Å². The number of hydrogen-bond acceptors (Lipinski definition) is 8. The number of carbonyl (C=O) groups excluding carboxylic acids is 2. The van der Waals surface area contributed by atoms with Gasteiger partial charge in [-0.05, 0) is 53.9 Å². The number of fused-ring (bicyclic) bond motifs is 1. The predicted octanol–water partition coefficient (Wildman–Crippen LogP) is 5.88. The molecular formula is C28H24F6N4O7S2. The number of aromatic amines is 1. The first-order valence-corrected chi connectivity index (χ1v) is 16.4. The number of amides is 1. The highest BCUT2D eigenvalue weighted by Crippen LogP contribution is 2.56. The minimum absolute atomic E-state index is 0.0833. The second-order valence-electron chi connectivity index (χ2n) is 10.5. The zero-order chi connectivity index (χ0) is 34.5. The normalized spacial score (nSPS) is 18.1. The summed E-state index contributed by atoms with van der Waals surface area (Å²) in [6.45, 7) is 0. The molecule has 3 aromatic carbocycles. The molecule has 1 aliphatic heterocycles. The Hall–Kier alpha value is -4.17. The first kappa shape index (κ1) is 34.2. The van der Waals surface area contributed by atoms with Crippen LogP contribution in [0.5, 0.6) is 0 Å². The van der Waals surface area contributed by atoms with E-state index in [1.807, 2.05) is 0 Å². The van der Waals surface area contributed by atoms with Crippen molar-refractivity contribution in [3.05, 3.63) is 94.3 Å². The van der Waals surface area contributed by atoms with E-state index in [4.69, 9.17) is 0 Å². The third-order valence-corrected chi connectivity index (χ3v) is 10.5. The van der Waals surface area contributed by atoms with Gasteiger partial charge in [-0.25, -0.2) is 22.9 Å². The first-order chi connectivity index (χ1) is 21.8. The second kappa shape index (κ2) is 12.1. The molecule has 1 fully saturated rings. The second-order valence-corrected chi connectivity index (χ2v) is 14.2. The molecule has 5 N–H and O–H groups in total. The third kappa shape index (κ3) is 7.38. The number of nitrogens with zero attached hydrogens (tertiary/aromatic N) is 1. The van der Waals surface area contributed by atoms with Crippen LogP contribution in [-0.4, -0.2) is 46.5 Å². The molecule has 0 radical (unpaired) electrons. The summed E-state index contributed by atoms with van der Waals surface area (Å²) in [5.74, 6) is -1.37. The van der Waals surface area contributed by atoms with Crippen molar-refractivity contribution < 1.29 is 58.2 Å². The van der Waals surface area contributed by atoms with E-state index in [1.54, 1.807) is 0 Å². The number of carbonyl (C=O) groups is 2. The SMILES string of the molecule is COC(=O)c1ccc2nc([C@H](Cc3ccc(C4CC(=O)NS4(O)O)cc3)NS(=O)(=O)c3cc(C(F)(F)F)cc(C(F)(F)F)c3)[nH]c2c1. The molecule has 5 rings (SSSR count). The monoisotopic (exact) mass is 706 g/mol. The van der Waals surface area contributed by atoms with Crippen LogP contribution >= 0.6 is 10.8 Å². The molecular weight excluding hydrogens is 682 g/mol. The summed E-state index contributed by atoms with van der Waals surface area (Å²) in [4.78, 5) is 29.6. The van der Waals surface area contributed by atoms with Crippen molar-refractivity contribution in [1.82, 2.24) is 19.4 Å². The molecule has 2 atom stereocenters. The molecule has 252 valence electrons. The fraction of sp³-hybridized carbons (Fsp3) is 0.250. The number of sulfonamides is 1. The highest BCUT2D eigenvalue weighted by molar-refractivity contribution is 8.23. The Balaban J connectivity index is 1.55. The maximum Gasteiger partial charge on any atom is 0.416 e. The average Bonchev–Trinajstić information content (AvgIpc) is 3.54. The van der Waals surface area contributed by atoms with E-state index in [-0.39, 0.29) is 53.5 Å². The summed E-state index contributed by atoms with van der Waals surface area (Å²) in [6, 6.07) is 8.57. The van der Waals surface area contributed by atoms with Gasteiger partial charge in [0.25, 0.3) is 0 Å². The summed E-state index contributed by atoms with van der Waals surface area (Å²) in [6.07, 6.45) is -11.1. The summed E-state index contributed by atoms with van der Waals surface area (Å²) in [5.41, 5.74) is -2.32. The number of methoxy groups -OCH3 is 1. The van der Waals surface area contributed by atoms with Gasteiger partial charge in [-0.3, -0.25) is 18.6 Å². The Morgan fingerprint density at radius 3 is 2.17 bits per heavy atom. The Morgan fingerprint density at radius 2 is 1.64 bits per heavy atom. The summed E-state index contributed by atoms with van der Waals surface area (Å²) in [7, 11) is -7.41. The van der Waals surface area contributed by atoms with Crippen LogP contribution in [0.2, 0.25) is 0 Å². The standard InChI is InChI=1S/C28H24F6N4O7S2/c1-45-26(40)16-6-7-20-21(9-16)36-25(35-20)22(8-14-2-4-15(5-3-14)23-13-24(39)38-47(23,43)44)37-46(41,42)19-11-17(27(29,30)31)10-18(12-19)28(32,33)34/h2-7,9-12,22-23,37,43-44H,8,13H2,1H3,(H,35,36)(H,38,39)/t22-,23?/m0/s1. The van der Waals surface area contributed by atoms with Crippen molar-refractivity contribution in [3.63, 3.8) is 0 Å². The van der Waals surface area contributed by atoms with Crippen LogP contribution in [0, 0.1) is 0 Å². The first-order valence-electron chi connectivity index (χ1n) is 13.3. The molecule has 47 heavy (non-hydrogen) atoms. The molecule has 4 aromatic rings. The smallest absolute Gasteiger partial charge is 0.416 e. The molecule has 0 bridgehead atoms. The number of H-pyrrole nitrogens is 1. The molecule has 0 saturated carbocycles. The number of ether oxygens (including phenoxy) is 1. The number of rotatable bonds is 8. The molecule has 19 heteroatoms. The van der Waals surface area contributed by atoms with Crippen molar-refractivity contribution >= 4 is 43.7 Å². The number of imidazole rings is 1. The molecule has 1 aromatic heterocycles. The van der Waals surface area contributed by atoms with Gasteiger partial charge in [0.05, 0.1) is 52.2 Å². The van der Waals surface area contributed by atoms with Crippen LogP contribution in [0.25, 0.3) is 11.0 Å². The molecule has 11 nitrogen and oxygen atoms in total. The average molecular weight is 707 g/mol. The van der Waals surface area contributed by atoms with Crippen LogP contribution in [0.1, 0.15) is 56.1 Å². The van der Waals surface area contributed by atoms with Gasteiger partial charge < -0.3 is 9.72 Å². The third-order valence-electron chi connectivity index (χ3n) is 7.24. The van der Waals surface area contributed by atoms with Crippen molar-refractivity contribution in [3.8, 4) is 0 Å². The van der Waals surface area contributed by atoms with Crippen LogP contribution in [-0.2, 0) is 38.3 Å². The number of nitrogens with one attached hydrogen (secondary N) is 3. The van der Waals surface area contributed by atoms with Gasteiger partial charge in [0, 0.05) is 0 Å². The van der Waals surface area contributed by atoms with E-state index in [1.165, 1.54) is 42.5 Å². The van der Waals surface area contributed by atoms with Gasteiger partial charge in [0.2, 0.25) is 15.9 Å². The van der Waals surface area contributed by atoms with Gasteiger partial charge in [-0.15, -0.1) is 10.8 Å². The lowest BCUT2D eigenvalue weighted by Gasteiger charge is -2.32. The lowest BCUT2D eigenvalue weighted by Crippen LogP contribution is -2.31. The molecule has 1 unspecified atom stereocenters. The Bertz CT molecular complexity index is 1930. The Kier molecular flexibility index (Phi) is 8.82. The number of benzene rings is 3. The number of aromatic nitrogens is 2. The van der Waals surface area contributed by atoms with Crippen LogP contribution in [0.15, 0.2) is 65.6 Å². The van der Waals surface area contributed by atoms with Gasteiger partial charge in [-0.1, -0.05) is 24.3 Å². The largest absolute Gasteiger partial charge is 0.465 e. The molecule has 2 heterocycles. The fourth-order valence-corrected chi connectivity index (χ4v) is 7.70. The minimum Gasteiger partial charge on any atom is -0.465 e. The van der Waals surface area contributed by atoms with Crippen LogP contribution < -0.4 is 9.44 Å². The molecule has 1 saturated heterocycles. The van der Waals surface area contributed by atoms with Crippen LogP contribution in [0.4, 0.5) is 26.3 Å². The van der Waals surface area contributed by atoms with Crippen LogP contribution in [0.3, 0.4) is 0 Å².